The maximum Gasteiger partial charge on any atom is 0.496 e. The predicted octanol–water partition coefficient (Wildman–Crippen LogP) is 11.3. The largest absolute Gasteiger partial charge is 0.496 e. The molecule has 81 heavy (non-hydrogen) atoms. The molecule has 2 unspecified atom stereocenters. The second-order valence-corrected chi connectivity index (χ2v) is 25.7. The summed E-state index contributed by atoms with van der Waals surface area (Å²) in [6.45, 7) is 16.7. The first-order valence-corrected chi connectivity index (χ1v) is 27.7. The third kappa shape index (κ3) is 12.2. The van der Waals surface area contributed by atoms with Crippen LogP contribution in [0.3, 0.4) is 0 Å². The lowest BCUT2D eigenvalue weighted by atomic mass is 9.43. The number of anilines is 2. The summed E-state index contributed by atoms with van der Waals surface area (Å²) in [5, 5.41) is 21.3. The summed E-state index contributed by atoms with van der Waals surface area (Å²) < 4.78 is 164. The van der Waals surface area contributed by atoms with Crippen LogP contribution in [0.4, 0.5) is 59.9 Å². The van der Waals surface area contributed by atoms with Crippen molar-refractivity contribution in [1.82, 2.24) is 38.9 Å². The SMILES string of the molecule is C.CC(C)C(O)c1nc(-c2cnc(N)c(C(F)(F)F)c2)cn1C12CC(N3CCC(F)(F)CC3)(C1)C2.CC(C)C(O)c1nc(I)cn1C12CC(N3CCC(F)(F)CC3)(C1)C2.CC1(C)OB(c2cnc(N)c(C(F)(F)F)c2)OC1(C)C.[2H]CF. The highest BCUT2D eigenvalue weighted by atomic mass is 127. The number of piperidine rings is 2. The van der Waals surface area contributed by atoms with E-state index in [0.717, 1.165) is 60.2 Å². The van der Waals surface area contributed by atoms with Crippen LogP contribution in [0.1, 0.15) is 163 Å². The number of halogens is 12. The fourth-order valence-electron chi connectivity index (χ4n) is 12.5. The van der Waals surface area contributed by atoms with Crippen LogP contribution in [-0.2, 0) is 32.7 Å². The molecule has 6 aliphatic carbocycles. The molecule has 0 amide bonds. The molecule has 3 saturated heterocycles. The highest BCUT2D eigenvalue weighted by Crippen LogP contribution is 2.70. The van der Waals surface area contributed by atoms with Crippen LogP contribution in [0.5, 0.6) is 0 Å². The van der Waals surface area contributed by atoms with Crippen LogP contribution in [0, 0.1) is 15.5 Å². The number of alkyl halides is 11. The quantitative estimate of drug-likeness (QED) is 0.0672. The Hall–Kier alpha value is -3.90. The molecule has 0 radical (unpaired) electrons. The van der Waals surface area contributed by atoms with Gasteiger partial charge in [-0.3, -0.25) is 14.2 Å². The van der Waals surface area contributed by atoms with Crippen molar-refractivity contribution < 1.29 is 69.2 Å². The van der Waals surface area contributed by atoms with Crippen molar-refractivity contribution in [2.75, 3.05) is 44.8 Å². The van der Waals surface area contributed by atoms with Gasteiger partial charge in [-0.2, -0.15) is 26.3 Å². The number of likely N-dealkylation sites (tertiary alicyclic amines) is 2. The number of aliphatic hydroxyl groups excluding tert-OH is 2. The molecule has 452 valence electrons. The minimum absolute atomic E-state index is 0. The lowest BCUT2D eigenvalue weighted by Crippen LogP contribution is -2.79. The molecular formula is C54H75BF11IN10O4. The lowest BCUT2D eigenvalue weighted by molar-refractivity contribution is -0.225. The number of nitrogens with two attached hydrogens (primary N) is 2. The molecule has 7 heterocycles. The molecule has 6 saturated carbocycles. The van der Waals surface area contributed by atoms with E-state index < -0.39 is 84.6 Å². The van der Waals surface area contributed by atoms with Gasteiger partial charge in [0.05, 0.1) is 47.6 Å². The van der Waals surface area contributed by atoms with Gasteiger partial charge >= 0.3 is 19.5 Å². The molecule has 2 atom stereocenters. The van der Waals surface area contributed by atoms with E-state index in [4.69, 9.17) is 22.1 Å². The highest BCUT2D eigenvalue weighted by molar-refractivity contribution is 14.1. The van der Waals surface area contributed by atoms with Gasteiger partial charge in [-0.15, -0.1) is 0 Å². The topological polar surface area (TPSA) is 179 Å². The molecule has 4 bridgehead atoms. The Kier molecular flexibility index (Phi) is 17.3. The third-order valence-corrected chi connectivity index (χ3v) is 18.3. The third-order valence-electron chi connectivity index (χ3n) is 17.8. The smallest absolute Gasteiger partial charge is 0.399 e. The predicted molar refractivity (Wildman–Crippen MR) is 293 cm³/mol. The maximum atomic E-state index is 13.6. The van der Waals surface area contributed by atoms with E-state index in [1.165, 1.54) is 12.4 Å². The Morgan fingerprint density at radius 2 is 1.01 bits per heavy atom. The van der Waals surface area contributed by atoms with Gasteiger partial charge < -0.3 is 40.1 Å². The van der Waals surface area contributed by atoms with Crippen molar-refractivity contribution in [3.8, 4) is 11.3 Å². The van der Waals surface area contributed by atoms with E-state index >= 15 is 0 Å². The zero-order valence-corrected chi connectivity index (χ0v) is 48.1. The lowest BCUT2D eigenvalue weighted by Gasteiger charge is -2.75. The molecule has 0 spiro atoms. The van der Waals surface area contributed by atoms with Crippen molar-refractivity contribution in [3.05, 3.63) is 63.4 Å². The van der Waals surface area contributed by atoms with Gasteiger partial charge in [-0.05, 0) is 113 Å². The van der Waals surface area contributed by atoms with E-state index in [1.54, 1.807) is 6.20 Å². The number of aromatic nitrogens is 6. The van der Waals surface area contributed by atoms with Crippen LogP contribution in [0.25, 0.3) is 11.3 Å². The van der Waals surface area contributed by atoms with Crippen LogP contribution < -0.4 is 16.9 Å². The highest BCUT2D eigenvalue weighted by Gasteiger charge is 2.73. The Morgan fingerprint density at radius 1 is 0.642 bits per heavy atom. The number of aliphatic hydroxyl groups is 2. The second-order valence-electron chi connectivity index (χ2n) is 24.6. The van der Waals surface area contributed by atoms with Crippen LogP contribution in [0.15, 0.2) is 36.9 Å². The fraction of sp³-hybridized carbons (Fsp3) is 0.704. The molecule has 6 N–H and O–H groups in total. The minimum Gasteiger partial charge on any atom is -0.399 e. The Morgan fingerprint density at radius 3 is 1.41 bits per heavy atom. The van der Waals surface area contributed by atoms with Crippen molar-refractivity contribution in [2.45, 2.75) is 197 Å². The van der Waals surface area contributed by atoms with E-state index in [0.29, 0.717) is 32.0 Å². The number of nitrogens with zero attached hydrogens (tertiary/aromatic N) is 8. The summed E-state index contributed by atoms with van der Waals surface area (Å²) >= 11 is 2.19. The molecule has 13 rings (SSSR count). The van der Waals surface area contributed by atoms with Gasteiger partial charge in [0.25, 0.3) is 11.8 Å². The van der Waals surface area contributed by atoms with E-state index in [2.05, 4.69) is 56.9 Å². The molecule has 4 aromatic heterocycles. The number of hydrogen-bond donors (Lipinski definition) is 4. The molecule has 0 aromatic carbocycles. The van der Waals surface area contributed by atoms with Crippen molar-refractivity contribution in [1.29, 1.82) is 0 Å². The first kappa shape index (κ1) is 63.1. The fourth-order valence-corrected chi connectivity index (χ4v) is 13.0. The molecule has 4 aromatic rings. The second kappa shape index (κ2) is 22.2. The summed E-state index contributed by atoms with van der Waals surface area (Å²) in [4.78, 5) is 20.8. The van der Waals surface area contributed by atoms with E-state index in [1.807, 2.05) is 66.2 Å². The average molecular weight is 1280 g/mol. The minimum atomic E-state index is -4.65. The van der Waals surface area contributed by atoms with Crippen molar-refractivity contribution >= 4 is 46.8 Å². The van der Waals surface area contributed by atoms with Crippen molar-refractivity contribution in [2.24, 2.45) is 11.8 Å². The van der Waals surface area contributed by atoms with Gasteiger partial charge in [-0.25, -0.2) is 37.5 Å². The zero-order chi connectivity index (χ0) is 60.1. The molecule has 14 nitrogen and oxygen atoms in total. The van der Waals surface area contributed by atoms with Gasteiger partial charge in [0.15, 0.2) is 0 Å². The summed E-state index contributed by atoms with van der Waals surface area (Å²) in [5.41, 5.74) is 7.81. The van der Waals surface area contributed by atoms with E-state index in [-0.39, 0.29) is 83.8 Å². The van der Waals surface area contributed by atoms with Gasteiger partial charge in [0, 0.05) is 98.8 Å². The molecular weight excluding hydrogens is 1200 g/mol. The van der Waals surface area contributed by atoms with Gasteiger partial charge in [0.2, 0.25) is 0 Å². The normalized spacial score (nSPS) is 28.6. The number of rotatable bonds is 10. The Balaban J connectivity index is 0.000000178. The summed E-state index contributed by atoms with van der Waals surface area (Å²) in [5.74, 6) is -5.13. The van der Waals surface area contributed by atoms with Crippen molar-refractivity contribution in [3.63, 3.8) is 0 Å². The van der Waals surface area contributed by atoms with Crippen LogP contribution >= 0.6 is 22.6 Å². The molecule has 9 fully saturated rings. The number of nitrogen functional groups attached to an aromatic ring is 2. The van der Waals surface area contributed by atoms with E-state index in [9.17, 15) is 58.5 Å². The first-order chi connectivity index (χ1) is 37.3. The molecule has 27 heteroatoms. The standard InChI is InChI=1S/C23H28F5N5O.C17H24F2IN3O.C12H16BF3N2O2.CH3F.CH4/c1-13(2)17(34)19-31-16(14-7-15(23(26,27)28)18(29)30-8-14)9-33(19)21-10-20(11-21,12-21)32-5-3-22(24,25)4-6-32;1-11(2)13(24)14-21-12(20)7-23(14)16-8-15(9-16,10-16)22-5-3-17(18,19)4-6-22;1-10(2)11(3,4)20-13(19-10)7-5-8(12(14,15)16)9(17)18-6-7;1-2;/h7-9,13,17,34H,3-6,10-12H2,1-2H3,(H2,29,30);7,11,13,24H,3-6,8-10H2,1-2H3;5-6H,1-4H3,(H2,17,18);1H3;1H4/i;;;1D;. The van der Waals surface area contributed by atoms with Crippen LogP contribution in [-0.4, -0.2) is 124 Å². The summed E-state index contributed by atoms with van der Waals surface area (Å²) in [6, 6.07) is 1.85. The Bertz CT molecular complexity index is 2850. The molecule has 3 aliphatic heterocycles. The zero-order valence-electron chi connectivity index (χ0n) is 46.9. The number of hydrogen-bond acceptors (Lipinski definition) is 12. The van der Waals surface area contributed by atoms with Gasteiger partial charge in [-0.1, -0.05) is 35.1 Å². The average Bonchev–Trinajstić information content (AvgIpc) is 2.53. The maximum absolute atomic E-state index is 13.6. The monoisotopic (exact) mass is 1280 g/mol. The number of imidazole rings is 2. The van der Waals surface area contributed by atoms with Gasteiger partial charge in [0.1, 0.15) is 39.2 Å². The summed E-state index contributed by atoms with van der Waals surface area (Å²) in [7, 11) is -1.89. The number of pyridine rings is 2. The Labute approximate surface area is 481 Å². The summed E-state index contributed by atoms with van der Waals surface area (Å²) in [6.07, 6.45) is 0.448. The van der Waals surface area contributed by atoms with Crippen LogP contribution in [0.2, 0.25) is 0 Å². The molecule has 9 aliphatic rings. The first-order valence-electron chi connectivity index (χ1n) is 27.3.